The van der Waals surface area contributed by atoms with Crippen LogP contribution in [0.3, 0.4) is 0 Å². The van der Waals surface area contributed by atoms with Crippen LogP contribution >= 0.6 is 0 Å². The van der Waals surface area contributed by atoms with Crippen molar-refractivity contribution in [2.75, 3.05) is 20.1 Å². The van der Waals surface area contributed by atoms with E-state index in [4.69, 9.17) is 0 Å². The molecular formula is C14H27NO2. The van der Waals surface area contributed by atoms with Gasteiger partial charge in [-0.25, -0.2) is 0 Å². The lowest BCUT2D eigenvalue weighted by atomic mass is 9.79. The molecule has 0 radical (unpaired) electrons. The molecule has 0 aromatic carbocycles. The first-order valence-electron chi connectivity index (χ1n) is 7.09. The van der Waals surface area contributed by atoms with Crippen LogP contribution in [0.2, 0.25) is 0 Å². The van der Waals surface area contributed by atoms with Crippen molar-refractivity contribution < 1.29 is 10.2 Å². The molecule has 2 N–H and O–H groups in total. The third kappa shape index (κ3) is 3.67. The van der Waals surface area contributed by atoms with Crippen molar-refractivity contribution in [3.63, 3.8) is 0 Å². The van der Waals surface area contributed by atoms with Crippen LogP contribution in [0.1, 0.15) is 39.0 Å². The summed E-state index contributed by atoms with van der Waals surface area (Å²) in [6.07, 6.45) is 5.10. The Labute approximate surface area is 105 Å². The van der Waals surface area contributed by atoms with E-state index in [1.165, 1.54) is 12.8 Å². The Morgan fingerprint density at radius 1 is 1.06 bits per heavy atom. The number of aliphatic hydroxyl groups excluding tert-OH is 2. The molecule has 2 saturated carbocycles. The predicted octanol–water partition coefficient (Wildman–Crippen LogP) is 1.49. The van der Waals surface area contributed by atoms with Gasteiger partial charge >= 0.3 is 0 Å². The number of hydrogen-bond acceptors (Lipinski definition) is 3. The van der Waals surface area contributed by atoms with E-state index in [0.29, 0.717) is 11.8 Å². The van der Waals surface area contributed by atoms with Crippen molar-refractivity contribution in [2.45, 2.75) is 51.2 Å². The fourth-order valence-corrected chi connectivity index (χ4v) is 3.44. The molecular weight excluding hydrogens is 214 g/mol. The Hall–Kier alpha value is -0.120. The minimum atomic E-state index is -0.0966. The Balaban J connectivity index is 1.71. The van der Waals surface area contributed by atoms with Gasteiger partial charge in [0.25, 0.3) is 0 Å². The maximum Gasteiger partial charge on any atom is 0.0580 e. The summed E-state index contributed by atoms with van der Waals surface area (Å²) in [7, 11) is 2.15. The molecule has 2 aliphatic rings. The summed E-state index contributed by atoms with van der Waals surface area (Å²) in [6.45, 7) is 4.38. The molecule has 0 bridgehead atoms. The molecule has 0 spiro atoms. The summed E-state index contributed by atoms with van der Waals surface area (Å²) in [5, 5.41) is 19.3. The number of aliphatic hydroxyl groups is 2. The molecule has 17 heavy (non-hydrogen) atoms. The van der Waals surface area contributed by atoms with Gasteiger partial charge < -0.3 is 15.1 Å². The molecule has 0 saturated heterocycles. The molecule has 0 aliphatic heterocycles. The van der Waals surface area contributed by atoms with Gasteiger partial charge in [0.05, 0.1) is 12.2 Å². The first kappa shape index (κ1) is 13.3. The summed E-state index contributed by atoms with van der Waals surface area (Å²) in [6, 6.07) is 0. The van der Waals surface area contributed by atoms with Gasteiger partial charge in [0.2, 0.25) is 0 Å². The molecule has 3 atom stereocenters. The van der Waals surface area contributed by atoms with Crippen molar-refractivity contribution >= 4 is 0 Å². The molecule has 0 heterocycles. The van der Waals surface area contributed by atoms with E-state index < -0.39 is 0 Å². The maximum atomic E-state index is 10.0. The van der Waals surface area contributed by atoms with E-state index in [9.17, 15) is 10.2 Å². The second-order valence-electron chi connectivity index (χ2n) is 6.46. The minimum absolute atomic E-state index is 0.0475. The summed E-state index contributed by atoms with van der Waals surface area (Å²) < 4.78 is 0. The Morgan fingerprint density at radius 2 is 1.76 bits per heavy atom. The standard InChI is InChI=1S/C14H27NO2/c1-10-3-4-14(17)12(5-10)9-15(2)8-11-6-13(16)7-11/h10-14,16-17H,3-9H2,1-2H3. The summed E-state index contributed by atoms with van der Waals surface area (Å²) in [5.74, 6) is 1.89. The largest absolute Gasteiger partial charge is 0.393 e. The lowest BCUT2D eigenvalue weighted by Gasteiger charge is -2.38. The number of hydrogen-bond donors (Lipinski definition) is 2. The normalized spacial score (nSPS) is 42.5. The Morgan fingerprint density at radius 3 is 2.41 bits per heavy atom. The Bertz CT molecular complexity index is 240. The lowest BCUT2D eigenvalue weighted by molar-refractivity contribution is 0.00770. The predicted molar refractivity (Wildman–Crippen MR) is 68.7 cm³/mol. The van der Waals surface area contributed by atoms with Crippen LogP contribution in [0.15, 0.2) is 0 Å². The fourth-order valence-electron chi connectivity index (χ4n) is 3.44. The molecule has 0 aromatic heterocycles. The fraction of sp³-hybridized carbons (Fsp3) is 1.00. The van der Waals surface area contributed by atoms with Gasteiger partial charge in [0, 0.05) is 13.1 Å². The molecule has 2 fully saturated rings. The molecule has 100 valence electrons. The molecule has 3 unspecified atom stereocenters. The van der Waals surface area contributed by atoms with Crippen LogP contribution in [-0.4, -0.2) is 47.5 Å². The summed E-state index contributed by atoms with van der Waals surface area (Å²) >= 11 is 0. The van der Waals surface area contributed by atoms with Crippen LogP contribution in [0.25, 0.3) is 0 Å². The molecule has 0 amide bonds. The topological polar surface area (TPSA) is 43.7 Å². The van der Waals surface area contributed by atoms with Gasteiger partial charge in [-0.3, -0.25) is 0 Å². The van der Waals surface area contributed by atoms with Crippen LogP contribution in [0, 0.1) is 17.8 Å². The van der Waals surface area contributed by atoms with E-state index in [2.05, 4.69) is 18.9 Å². The van der Waals surface area contributed by atoms with Gasteiger partial charge in [-0.1, -0.05) is 6.92 Å². The number of rotatable bonds is 4. The van der Waals surface area contributed by atoms with E-state index in [1.807, 2.05) is 0 Å². The first-order chi connectivity index (χ1) is 8.04. The molecule has 2 aliphatic carbocycles. The lowest BCUT2D eigenvalue weighted by Crippen LogP contribution is -2.42. The zero-order valence-corrected chi connectivity index (χ0v) is 11.2. The highest BCUT2D eigenvalue weighted by atomic mass is 16.3. The van der Waals surface area contributed by atoms with Crippen molar-refractivity contribution in [3.05, 3.63) is 0 Å². The van der Waals surface area contributed by atoms with E-state index in [-0.39, 0.29) is 12.2 Å². The monoisotopic (exact) mass is 241 g/mol. The van der Waals surface area contributed by atoms with Crippen LogP contribution in [0.5, 0.6) is 0 Å². The van der Waals surface area contributed by atoms with Crippen LogP contribution < -0.4 is 0 Å². The highest BCUT2D eigenvalue weighted by molar-refractivity contribution is 4.83. The van der Waals surface area contributed by atoms with Crippen LogP contribution in [0.4, 0.5) is 0 Å². The highest BCUT2D eigenvalue weighted by Gasteiger charge is 2.31. The quantitative estimate of drug-likeness (QED) is 0.783. The third-order valence-electron chi connectivity index (χ3n) is 4.53. The molecule has 2 rings (SSSR count). The zero-order chi connectivity index (χ0) is 12.4. The van der Waals surface area contributed by atoms with E-state index in [1.54, 1.807) is 0 Å². The van der Waals surface area contributed by atoms with Crippen molar-refractivity contribution in [3.8, 4) is 0 Å². The van der Waals surface area contributed by atoms with Crippen molar-refractivity contribution in [1.29, 1.82) is 0 Å². The smallest absolute Gasteiger partial charge is 0.0580 e. The van der Waals surface area contributed by atoms with Gasteiger partial charge in [0.15, 0.2) is 0 Å². The average Bonchev–Trinajstić information content (AvgIpc) is 2.21. The molecule has 0 aromatic rings. The Kier molecular flexibility index (Phi) is 4.45. The van der Waals surface area contributed by atoms with Gasteiger partial charge in [-0.05, 0) is 56.9 Å². The highest BCUT2D eigenvalue weighted by Crippen LogP contribution is 2.31. The van der Waals surface area contributed by atoms with E-state index >= 15 is 0 Å². The second-order valence-corrected chi connectivity index (χ2v) is 6.46. The van der Waals surface area contributed by atoms with E-state index in [0.717, 1.165) is 38.3 Å². The zero-order valence-electron chi connectivity index (χ0n) is 11.2. The maximum absolute atomic E-state index is 10.0. The van der Waals surface area contributed by atoms with Gasteiger partial charge in [-0.15, -0.1) is 0 Å². The molecule has 3 heteroatoms. The van der Waals surface area contributed by atoms with Gasteiger partial charge in [-0.2, -0.15) is 0 Å². The van der Waals surface area contributed by atoms with Crippen LogP contribution in [-0.2, 0) is 0 Å². The summed E-state index contributed by atoms with van der Waals surface area (Å²) in [5.41, 5.74) is 0. The summed E-state index contributed by atoms with van der Waals surface area (Å²) in [4.78, 5) is 2.35. The second kappa shape index (κ2) is 5.68. The third-order valence-corrected chi connectivity index (χ3v) is 4.53. The average molecular weight is 241 g/mol. The molecule has 3 nitrogen and oxygen atoms in total. The van der Waals surface area contributed by atoms with Gasteiger partial charge in [0.1, 0.15) is 0 Å². The SMILES string of the molecule is CC1CCC(O)C(CN(C)CC2CC(O)C2)C1. The number of nitrogens with zero attached hydrogens (tertiary/aromatic N) is 1. The first-order valence-corrected chi connectivity index (χ1v) is 7.09. The van der Waals surface area contributed by atoms with Crippen molar-refractivity contribution in [1.82, 2.24) is 4.90 Å². The minimum Gasteiger partial charge on any atom is -0.393 e. The van der Waals surface area contributed by atoms with Crippen molar-refractivity contribution in [2.24, 2.45) is 17.8 Å².